The zero-order valence-corrected chi connectivity index (χ0v) is 18.4. The summed E-state index contributed by atoms with van der Waals surface area (Å²) < 4.78 is 6.97. The second-order valence-electron chi connectivity index (χ2n) is 7.58. The van der Waals surface area contributed by atoms with Gasteiger partial charge in [-0.1, -0.05) is 60.1 Å². The van der Waals surface area contributed by atoms with Crippen molar-refractivity contribution in [2.45, 2.75) is 13.5 Å². The van der Waals surface area contributed by atoms with E-state index in [2.05, 4.69) is 4.98 Å². The summed E-state index contributed by atoms with van der Waals surface area (Å²) >= 11 is 5.96. The molecule has 0 saturated heterocycles. The van der Waals surface area contributed by atoms with Gasteiger partial charge in [0.2, 0.25) is 0 Å². The number of pyridine rings is 2. The summed E-state index contributed by atoms with van der Waals surface area (Å²) in [5.74, 6) is -0.499. The third-order valence-corrected chi connectivity index (χ3v) is 5.64. The molecule has 0 amide bonds. The highest BCUT2D eigenvalue weighted by atomic mass is 35.5. The minimum Gasteiger partial charge on any atom is -0.456 e. The van der Waals surface area contributed by atoms with Crippen molar-refractivity contribution in [1.29, 1.82) is 0 Å². The number of para-hydroxylation sites is 1. The van der Waals surface area contributed by atoms with Gasteiger partial charge in [-0.2, -0.15) is 0 Å². The molecule has 5 rings (SSSR count). The first kappa shape index (κ1) is 20.8. The summed E-state index contributed by atoms with van der Waals surface area (Å²) in [6.07, 6.45) is 1.50. The van der Waals surface area contributed by atoms with Crippen LogP contribution in [0.2, 0.25) is 5.02 Å². The number of fused-ring (bicyclic) bond motifs is 2. The van der Waals surface area contributed by atoms with Gasteiger partial charge < -0.3 is 4.74 Å². The molecule has 3 aromatic heterocycles. The molecular weight excluding hydrogens is 438 g/mol. The van der Waals surface area contributed by atoms with E-state index in [0.717, 1.165) is 16.8 Å². The summed E-state index contributed by atoms with van der Waals surface area (Å²) in [4.78, 5) is 34.9. The molecule has 33 heavy (non-hydrogen) atoms. The first-order chi connectivity index (χ1) is 16.0. The van der Waals surface area contributed by atoms with Crippen LogP contribution in [0.15, 0.2) is 83.8 Å². The van der Waals surface area contributed by atoms with E-state index >= 15 is 0 Å². The van der Waals surface area contributed by atoms with Crippen molar-refractivity contribution >= 4 is 34.1 Å². The van der Waals surface area contributed by atoms with Gasteiger partial charge in [-0.05, 0) is 30.7 Å². The normalized spacial score (nSPS) is 11.1. The van der Waals surface area contributed by atoms with Crippen molar-refractivity contribution in [1.82, 2.24) is 14.4 Å². The fourth-order valence-corrected chi connectivity index (χ4v) is 4.02. The zero-order valence-electron chi connectivity index (χ0n) is 17.7. The number of hydrogen-bond acceptors (Lipinski definition) is 5. The molecule has 0 N–H and O–H groups in total. The van der Waals surface area contributed by atoms with Gasteiger partial charge in [-0.25, -0.2) is 14.8 Å². The van der Waals surface area contributed by atoms with Crippen LogP contribution in [-0.4, -0.2) is 20.3 Å². The standard InChI is InChI=1S/C26H18ClN3O3/c1-16-24(20-9-5-6-10-21(20)29-25(16)17-7-3-2-4-8-17)26(32)33-15-19-13-23(31)30-14-18(27)11-12-22(30)28-19/h2-14H,15H2,1H3. The van der Waals surface area contributed by atoms with Gasteiger partial charge in [0.05, 0.1) is 27.5 Å². The Labute approximate surface area is 194 Å². The first-order valence-corrected chi connectivity index (χ1v) is 10.7. The highest BCUT2D eigenvalue weighted by Gasteiger charge is 2.20. The average Bonchev–Trinajstić information content (AvgIpc) is 2.83. The van der Waals surface area contributed by atoms with E-state index in [-0.39, 0.29) is 12.2 Å². The molecule has 0 atom stereocenters. The molecule has 2 aromatic carbocycles. The number of aromatic nitrogens is 3. The summed E-state index contributed by atoms with van der Waals surface area (Å²) in [6, 6.07) is 21.8. The molecule has 6 nitrogen and oxygen atoms in total. The minimum atomic E-state index is -0.499. The molecule has 162 valence electrons. The van der Waals surface area contributed by atoms with Gasteiger partial charge in [0.1, 0.15) is 12.3 Å². The van der Waals surface area contributed by atoms with Crippen LogP contribution in [0.5, 0.6) is 0 Å². The van der Waals surface area contributed by atoms with Crippen LogP contribution in [0.4, 0.5) is 0 Å². The molecule has 7 heteroatoms. The number of hydrogen-bond donors (Lipinski definition) is 0. The summed E-state index contributed by atoms with van der Waals surface area (Å²) in [7, 11) is 0. The van der Waals surface area contributed by atoms with Gasteiger partial charge in [0.15, 0.2) is 0 Å². The predicted molar refractivity (Wildman–Crippen MR) is 128 cm³/mol. The maximum atomic E-state index is 13.3. The van der Waals surface area contributed by atoms with E-state index in [1.165, 1.54) is 16.7 Å². The number of halogens is 1. The molecule has 0 unspecified atom stereocenters. The van der Waals surface area contributed by atoms with E-state index in [1.54, 1.807) is 12.1 Å². The van der Waals surface area contributed by atoms with Crippen LogP contribution >= 0.6 is 11.6 Å². The number of benzene rings is 2. The highest BCUT2D eigenvalue weighted by molar-refractivity contribution is 6.30. The molecular formula is C26H18ClN3O3. The smallest absolute Gasteiger partial charge is 0.339 e. The molecule has 3 heterocycles. The van der Waals surface area contributed by atoms with Gasteiger partial charge in [0.25, 0.3) is 5.56 Å². The molecule has 0 fully saturated rings. The van der Waals surface area contributed by atoms with Crippen LogP contribution in [0, 0.1) is 6.92 Å². The summed E-state index contributed by atoms with van der Waals surface area (Å²) in [5, 5.41) is 1.14. The van der Waals surface area contributed by atoms with E-state index in [0.29, 0.717) is 32.8 Å². The van der Waals surface area contributed by atoms with Crippen molar-refractivity contribution in [3.8, 4) is 11.3 Å². The molecule has 5 aromatic rings. The Morgan fingerprint density at radius 1 is 1.00 bits per heavy atom. The average molecular weight is 456 g/mol. The number of carbonyl (C=O) groups is 1. The van der Waals surface area contributed by atoms with Crippen molar-refractivity contribution in [3.05, 3.63) is 111 Å². The van der Waals surface area contributed by atoms with Crippen LogP contribution in [0.25, 0.3) is 27.8 Å². The Morgan fingerprint density at radius 3 is 2.58 bits per heavy atom. The van der Waals surface area contributed by atoms with E-state index in [1.807, 2.05) is 61.5 Å². The van der Waals surface area contributed by atoms with Crippen molar-refractivity contribution in [2.75, 3.05) is 0 Å². The number of esters is 1. The summed E-state index contributed by atoms with van der Waals surface area (Å²) in [6.45, 7) is 1.73. The molecule has 0 radical (unpaired) electrons. The maximum absolute atomic E-state index is 13.3. The zero-order chi connectivity index (χ0) is 22.9. The van der Waals surface area contributed by atoms with Crippen molar-refractivity contribution in [2.24, 2.45) is 0 Å². The minimum absolute atomic E-state index is 0.135. The molecule has 0 aliphatic rings. The van der Waals surface area contributed by atoms with Crippen molar-refractivity contribution < 1.29 is 9.53 Å². The van der Waals surface area contributed by atoms with Gasteiger partial charge in [0, 0.05) is 23.2 Å². The lowest BCUT2D eigenvalue weighted by Gasteiger charge is -2.14. The van der Waals surface area contributed by atoms with E-state index < -0.39 is 5.97 Å². The van der Waals surface area contributed by atoms with Crippen LogP contribution in [0.3, 0.4) is 0 Å². The SMILES string of the molecule is Cc1c(-c2ccccc2)nc2ccccc2c1C(=O)OCc1cc(=O)n2cc(Cl)ccc2n1. The molecule has 0 saturated carbocycles. The lowest BCUT2D eigenvalue weighted by Crippen LogP contribution is -2.17. The van der Waals surface area contributed by atoms with Crippen LogP contribution in [0.1, 0.15) is 21.6 Å². The molecule has 0 aliphatic carbocycles. The predicted octanol–water partition coefficient (Wildman–Crippen LogP) is 5.23. The molecule has 0 bridgehead atoms. The fraction of sp³-hybridized carbons (Fsp3) is 0.0769. The van der Waals surface area contributed by atoms with Gasteiger partial charge in [-0.15, -0.1) is 0 Å². The van der Waals surface area contributed by atoms with Crippen LogP contribution in [-0.2, 0) is 11.3 Å². The Kier molecular flexibility index (Phi) is 5.36. The number of rotatable bonds is 4. The van der Waals surface area contributed by atoms with Gasteiger partial charge >= 0.3 is 5.97 Å². The first-order valence-electron chi connectivity index (χ1n) is 10.3. The maximum Gasteiger partial charge on any atom is 0.339 e. The van der Waals surface area contributed by atoms with Crippen LogP contribution < -0.4 is 5.56 Å². The van der Waals surface area contributed by atoms with Crippen molar-refractivity contribution in [3.63, 3.8) is 0 Å². The highest BCUT2D eigenvalue weighted by Crippen LogP contribution is 2.30. The third-order valence-electron chi connectivity index (χ3n) is 5.41. The second-order valence-corrected chi connectivity index (χ2v) is 8.02. The fourth-order valence-electron chi connectivity index (χ4n) is 3.86. The van der Waals surface area contributed by atoms with Gasteiger partial charge in [-0.3, -0.25) is 9.20 Å². The van der Waals surface area contributed by atoms with E-state index in [9.17, 15) is 9.59 Å². The monoisotopic (exact) mass is 455 g/mol. The van der Waals surface area contributed by atoms with E-state index in [4.69, 9.17) is 21.3 Å². The Bertz CT molecular complexity index is 1580. The number of nitrogens with zero attached hydrogens (tertiary/aromatic N) is 3. The lowest BCUT2D eigenvalue weighted by atomic mass is 9.98. The second kappa shape index (κ2) is 8.48. The quantitative estimate of drug-likeness (QED) is 0.347. The Morgan fingerprint density at radius 2 is 1.76 bits per heavy atom. The third kappa shape index (κ3) is 3.97. The molecule has 0 aliphatic heterocycles. The number of carbonyl (C=O) groups excluding carboxylic acids is 1. The number of ether oxygens (including phenoxy) is 1. The largest absolute Gasteiger partial charge is 0.456 e. The Hall–Kier alpha value is -4.03. The topological polar surface area (TPSA) is 73.6 Å². The molecule has 0 spiro atoms. The Balaban J connectivity index is 1.52. The summed E-state index contributed by atoms with van der Waals surface area (Å²) in [5.41, 5.74) is 4.00. The lowest BCUT2D eigenvalue weighted by molar-refractivity contribution is 0.0469.